The van der Waals surface area contributed by atoms with Gasteiger partial charge in [-0.25, -0.2) is 0 Å². The van der Waals surface area contributed by atoms with Gasteiger partial charge in [-0.3, -0.25) is 4.79 Å². The van der Waals surface area contributed by atoms with Crippen LogP contribution in [0.2, 0.25) is 0 Å². The molecule has 0 atom stereocenters. The lowest BCUT2D eigenvalue weighted by molar-refractivity contribution is 0.0752. The van der Waals surface area contributed by atoms with Gasteiger partial charge in [0.15, 0.2) is 0 Å². The second-order valence-electron chi connectivity index (χ2n) is 5.26. The van der Waals surface area contributed by atoms with Gasteiger partial charge < -0.3 is 14.7 Å². The van der Waals surface area contributed by atoms with Crippen molar-refractivity contribution in [3.05, 3.63) is 23.5 Å². The van der Waals surface area contributed by atoms with Gasteiger partial charge in [0.1, 0.15) is 5.69 Å². The number of amides is 1. The number of unbranched alkanes of at least 4 members (excludes halogenated alkanes) is 1. The Bertz CT molecular complexity index is 525. The molecule has 1 aliphatic heterocycles. The summed E-state index contributed by atoms with van der Waals surface area (Å²) >= 11 is 5.71. The topological polar surface area (TPSA) is 57.8 Å². The molecule has 1 amide bonds. The Kier molecular flexibility index (Phi) is 5.67. The predicted octanol–water partition coefficient (Wildman–Crippen LogP) is 2.94. The summed E-state index contributed by atoms with van der Waals surface area (Å²) in [5.74, 6) is 0.657. The van der Waals surface area contributed by atoms with E-state index in [4.69, 9.17) is 11.6 Å². The number of halogens is 1. The Morgan fingerprint density at radius 2 is 2.19 bits per heavy atom. The van der Waals surface area contributed by atoms with Crippen LogP contribution in [0.5, 0.6) is 0 Å². The smallest absolute Gasteiger partial charge is 0.271 e. The maximum Gasteiger partial charge on any atom is 0.271 e. The van der Waals surface area contributed by atoms with Crippen LogP contribution in [0.1, 0.15) is 48.7 Å². The fourth-order valence-corrected chi connectivity index (χ4v) is 2.91. The standard InChI is InChI=1S/C15H22ClN3O2/c1-2-8-19-11-6-13(17-21)12-5-10-18(9-4-3-7-16)14(12)15(19)20/h5,10,21H,2-4,6-9,11H2,1H3/b17-13+. The van der Waals surface area contributed by atoms with Crippen LogP contribution < -0.4 is 0 Å². The second kappa shape index (κ2) is 7.50. The number of alkyl halides is 1. The van der Waals surface area contributed by atoms with E-state index < -0.39 is 0 Å². The van der Waals surface area contributed by atoms with Crippen molar-refractivity contribution in [3.63, 3.8) is 0 Å². The molecule has 0 saturated carbocycles. The van der Waals surface area contributed by atoms with Gasteiger partial charge in [-0.1, -0.05) is 12.1 Å². The van der Waals surface area contributed by atoms with Gasteiger partial charge in [-0.05, 0) is 25.3 Å². The SMILES string of the molecule is CCCN1CC/C(=N\O)c2ccn(CCCCCl)c2C1=O. The van der Waals surface area contributed by atoms with E-state index in [0.29, 0.717) is 30.3 Å². The molecule has 1 aromatic heterocycles. The molecule has 1 aromatic rings. The molecular weight excluding hydrogens is 290 g/mol. The van der Waals surface area contributed by atoms with E-state index in [1.165, 1.54) is 0 Å². The predicted molar refractivity (Wildman–Crippen MR) is 83.5 cm³/mol. The maximum atomic E-state index is 12.7. The summed E-state index contributed by atoms with van der Waals surface area (Å²) in [7, 11) is 0. The van der Waals surface area contributed by atoms with E-state index in [0.717, 1.165) is 37.9 Å². The maximum absolute atomic E-state index is 12.7. The summed E-state index contributed by atoms with van der Waals surface area (Å²) in [5.41, 5.74) is 1.99. The minimum absolute atomic E-state index is 0.0290. The van der Waals surface area contributed by atoms with Crippen LogP contribution in [-0.2, 0) is 6.54 Å². The first-order chi connectivity index (χ1) is 10.2. The van der Waals surface area contributed by atoms with Crippen molar-refractivity contribution >= 4 is 23.2 Å². The molecule has 0 unspecified atom stereocenters. The minimum Gasteiger partial charge on any atom is -0.411 e. The first kappa shape index (κ1) is 15.9. The second-order valence-corrected chi connectivity index (χ2v) is 5.63. The average Bonchev–Trinajstić information content (AvgIpc) is 2.84. The van der Waals surface area contributed by atoms with Crippen LogP contribution >= 0.6 is 11.6 Å². The molecule has 1 N–H and O–H groups in total. The van der Waals surface area contributed by atoms with E-state index in [1.54, 1.807) is 0 Å². The number of oxime groups is 1. The first-order valence-electron chi connectivity index (χ1n) is 7.48. The van der Waals surface area contributed by atoms with Crippen LogP contribution in [0, 0.1) is 0 Å². The number of rotatable bonds is 6. The Labute approximate surface area is 130 Å². The van der Waals surface area contributed by atoms with Crippen LogP contribution in [0.15, 0.2) is 17.4 Å². The van der Waals surface area contributed by atoms with Gasteiger partial charge in [0.25, 0.3) is 5.91 Å². The van der Waals surface area contributed by atoms with Gasteiger partial charge in [-0.15, -0.1) is 11.6 Å². The highest BCUT2D eigenvalue weighted by Crippen LogP contribution is 2.21. The lowest BCUT2D eigenvalue weighted by Gasteiger charge is -2.20. The normalized spacial score (nSPS) is 17.1. The van der Waals surface area contributed by atoms with Crippen LogP contribution in [0.25, 0.3) is 0 Å². The molecule has 0 aromatic carbocycles. The highest BCUT2D eigenvalue weighted by atomic mass is 35.5. The van der Waals surface area contributed by atoms with Gasteiger partial charge >= 0.3 is 0 Å². The Morgan fingerprint density at radius 1 is 1.38 bits per heavy atom. The Balaban J connectivity index is 2.33. The zero-order chi connectivity index (χ0) is 15.2. The van der Waals surface area contributed by atoms with E-state index in [9.17, 15) is 10.0 Å². The molecule has 2 rings (SSSR count). The molecule has 2 heterocycles. The summed E-state index contributed by atoms with van der Waals surface area (Å²) in [4.78, 5) is 14.6. The van der Waals surface area contributed by atoms with Gasteiger partial charge in [0.2, 0.25) is 0 Å². The number of fused-ring (bicyclic) bond motifs is 1. The molecule has 0 fully saturated rings. The Hall–Kier alpha value is -1.49. The lowest BCUT2D eigenvalue weighted by atomic mass is 10.1. The number of hydrogen-bond acceptors (Lipinski definition) is 3. The summed E-state index contributed by atoms with van der Waals surface area (Å²) in [5, 5.41) is 12.6. The van der Waals surface area contributed by atoms with Crippen molar-refractivity contribution in [1.82, 2.24) is 9.47 Å². The molecule has 6 heteroatoms. The van der Waals surface area contributed by atoms with Crippen LogP contribution in [-0.4, -0.2) is 45.3 Å². The van der Waals surface area contributed by atoms with Crippen molar-refractivity contribution < 1.29 is 10.0 Å². The van der Waals surface area contributed by atoms with Crippen LogP contribution in [0.4, 0.5) is 0 Å². The Morgan fingerprint density at radius 3 is 2.86 bits per heavy atom. The number of carbonyl (C=O) groups excluding carboxylic acids is 1. The van der Waals surface area contributed by atoms with E-state index in [2.05, 4.69) is 12.1 Å². The monoisotopic (exact) mass is 311 g/mol. The summed E-state index contributed by atoms with van der Waals surface area (Å²) in [6.07, 6.45) is 5.25. The lowest BCUT2D eigenvalue weighted by Crippen LogP contribution is -2.33. The zero-order valence-electron chi connectivity index (χ0n) is 12.4. The number of aryl methyl sites for hydroxylation is 1. The van der Waals surface area contributed by atoms with Crippen molar-refractivity contribution in [2.24, 2.45) is 5.16 Å². The molecular formula is C15H22ClN3O2. The number of hydrogen-bond donors (Lipinski definition) is 1. The molecule has 5 nitrogen and oxygen atoms in total. The minimum atomic E-state index is 0.0290. The van der Waals surface area contributed by atoms with Crippen molar-refractivity contribution in [2.45, 2.75) is 39.2 Å². The molecule has 0 saturated heterocycles. The van der Waals surface area contributed by atoms with Gasteiger partial charge in [0, 0.05) is 43.7 Å². The summed E-state index contributed by atoms with van der Waals surface area (Å²) < 4.78 is 1.96. The van der Waals surface area contributed by atoms with E-state index in [-0.39, 0.29) is 5.91 Å². The summed E-state index contributed by atoms with van der Waals surface area (Å²) in [6, 6.07) is 1.87. The van der Waals surface area contributed by atoms with Gasteiger partial charge in [0.05, 0.1) is 5.71 Å². The molecule has 0 bridgehead atoms. The molecule has 21 heavy (non-hydrogen) atoms. The molecule has 1 aliphatic rings. The van der Waals surface area contributed by atoms with Crippen molar-refractivity contribution in [2.75, 3.05) is 19.0 Å². The zero-order valence-corrected chi connectivity index (χ0v) is 13.1. The van der Waals surface area contributed by atoms with Crippen LogP contribution in [0.3, 0.4) is 0 Å². The third-order valence-corrected chi connectivity index (χ3v) is 4.05. The highest BCUT2D eigenvalue weighted by molar-refractivity contribution is 6.17. The van der Waals surface area contributed by atoms with E-state index in [1.807, 2.05) is 21.7 Å². The van der Waals surface area contributed by atoms with E-state index >= 15 is 0 Å². The molecule has 0 spiro atoms. The molecule has 116 valence electrons. The fraction of sp³-hybridized carbons (Fsp3) is 0.600. The largest absolute Gasteiger partial charge is 0.411 e. The number of aromatic nitrogens is 1. The fourth-order valence-electron chi connectivity index (χ4n) is 2.72. The number of nitrogens with zero attached hydrogens (tertiary/aromatic N) is 3. The quantitative estimate of drug-likeness (QED) is 0.380. The summed E-state index contributed by atoms with van der Waals surface area (Å²) in [6.45, 7) is 4.14. The third kappa shape index (κ3) is 3.40. The highest BCUT2D eigenvalue weighted by Gasteiger charge is 2.28. The molecule has 0 aliphatic carbocycles. The third-order valence-electron chi connectivity index (χ3n) is 3.78. The average molecular weight is 312 g/mol. The van der Waals surface area contributed by atoms with Gasteiger partial charge in [-0.2, -0.15) is 0 Å². The van der Waals surface area contributed by atoms with Crippen molar-refractivity contribution in [3.8, 4) is 0 Å². The molecule has 0 radical (unpaired) electrons. The van der Waals surface area contributed by atoms with Crippen molar-refractivity contribution in [1.29, 1.82) is 0 Å². The first-order valence-corrected chi connectivity index (χ1v) is 8.02. The number of carbonyl (C=O) groups is 1.